The molecule has 0 aliphatic rings. The zero-order valence-electron chi connectivity index (χ0n) is 40.8. The van der Waals surface area contributed by atoms with Gasteiger partial charge in [-0.05, 0) is 116 Å². The minimum atomic E-state index is -0.800. The largest absolute Gasteiger partial charge is 0.462 e. The average molecular weight is 875 g/mol. The van der Waals surface area contributed by atoms with Gasteiger partial charge in [0.2, 0.25) is 0 Å². The fourth-order valence-electron chi connectivity index (χ4n) is 6.73. The van der Waals surface area contributed by atoms with Crippen molar-refractivity contribution in [3.8, 4) is 0 Å². The maximum absolute atomic E-state index is 12.8. The van der Waals surface area contributed by atoms with Crippen LogP contribution in [0.5, 0.6) is 0 Å². The van der Waals surface area contributed by atoms with Crippen LogP contribution in [0.4, 0.5) is 0 Å². The smallest absolute Gasteiger partial charge is 0.306 e. The Balaban J connectivity index is 4.48. The van der Waals surface area contributed by atoms with Gasteiger partial charge >= 0.3 is 17.9 Å². The number of esters is 3. The molecule has 6 nitrogen and oxygen atoms in total. The molecule has 358 valence electrons. The van der Waals surface area contributed by atoms with Gasteiger partial charge in [-0.3, -0.25) is 14.4 Å². The number of unbranched alkanes of at least 4 members (excludes halogenated alkanes) is 18. The quantitative estimate of drug-likeness (QED) is 0.0262. The van der Waals surface area contributed by atoms with Gasteiger partial charge in [-0.25, -0.2) is 0 Å². The summed E-state index contributed by atoms with van der Waals surface area (Å²) < 4.78 is 16.8. The zero-order valence-corrected chi connectivity index (χ0v) is 40.8. The molecule has 0 aliphatic heterocycles. The van der Waals surface area contributed by atoms with E-state index in [1.165, 1.54) is 25.7 Å². The minimum absolute atomic E-state index is 0.0988. The summed E-state index contributed by atoms with van der Waals surface area (Å²) in [4.78, 5) is 38.0. The van der Waals surface area contributed by atoms with E-state index in [1.807, 2.05) is 0 Å². The third-order valence-corrected chi connectivity index (χ3v) is 10.6. The maximum atomic E-state index is 12.8. The highest BCUT2D eigenvalue weighted by molar-refractivity contribution is 5.71. The van der Waals surface area contributed by atoms with Gasteiger partial charge in [-0.15, -0.1) is 0 Å². The Hall–Kier alpha value is -3.67. The molecule has 63 heavy (non-hydrogen) atoms. The highest BCUT2D eigenvalue weighted by Crippen LogP contribution is 2.13. The Morgan fingerprint density at radius 3 is 0.968 bits per heavy atom. The molecule has 0 rings (SSSR count). The molecule has 0 bridgehead atoms. The average Bonchev–Trinajstić information content (AvgIpc) is 3.28. The molecule has 6 heteroatoms. The van der Waals surface area contributed by atoms with Crippen molar-refractivity contribution in [3.05, 3.63) is 97.2 Å². The Kier molecular flexibility index (Phi) is 48.0. The predicted octanol–water partition coefficient (Wildman–Crippen LogP) is 17.0. The van der Waals surface area contributed by atoms with Crippen LogP contribution in [0.1, 0.15) is 226 Å². The summed E-state index contributed by atoms with van der Waals surface area (Å²) in [5.74, 6) is -0.949. The summed E-state index contributed by atoms with van der Waals surface area (Å²) in [7, 11) is 0. The third-order valence-electron chi connectivity index (χ3n) is 10.6. The number of rotatable bonds is 45. The molecule has 0 aromatic rings. The predicted molar refractivity (Wildman–Crippen MR) is 270 cm³/mol. The second kappa shape index (κ2) is 51.0. The zero-order chi connectivity index (χ0) is 45.8. The number of hydrogen-bond donors (Lipinski definition) is 0. The van der Waals surface area contributed by atoms with Crippen molar-refractivity contribution in [1.82, 2.24) is 0 Å². The van der Waals surface area contributed by atoms with Crippen LogP contribution in [0, 0.1) is 0 Å². The third kappa shape index (κ3) is 49.2. The number of hydrogen-bond acceptors (Lipinski definition) is 6. The second-order valence-corrected chi connectivity index (χ2v) is 16.7. The van der Waals surface area contributed by atoms with E-state index in [2.05, 4.69) is 118 Å². The number of carbonyl (C=O) groups excluding carboxylic acids is 3. The molecule has 0 spiro atoms. The Bertz CT molecular complexity index is 1280. The van der Waals surface area contributed by atoms with Crippen LogP contribution in [-0.2, 0) is 28.6 Å². The van der Waals surface area contributed by atoms with Crippen molar-refractivity contribution in [1.29, 1.82) is 0 Å². The molecule has 0 fully saturated rings. The first-order valence-corrected chi connectivity index (χ1v) is 25.7. The lowest BCUT2D eigenvalue weighted by atomic mass is 10.1. The molecule has 0 aromatic carbocycles. The lowest BCUT2D eigenvalue weighted by molar-refractivity contribution is -0.167. The molecule has 0 aromatic heterocycles. The topological polar surface area (TPSA) is 78.9 Å². The Morgan fingerprint density at radius 2 is 0.619 bits per heavy atom. The monoisotopic (exact) mass is 875 g/mol. The lowest BCUT2D eigenvalue weighted by Crippen LogP contribution is -2.30. The molecular weight excluding hydrogens is 781 g/mol. The van der Waals surface area contributed by atoms with E-state index >= 15 is 0 Å². The van der Waals surface area contributed by atoms with Crippen molar-refractivity contribution in [2.75, 3.05) is 13.2 Å². The molecule has 0 radical (unpaired) electrons. The van der Waals surface area contributed by atoms with E-state index in [-0.39, 0.29) is 31.1 Å². The van der Waals surface area contributed by atoms with Gasteiger partial charge in [0, 0.05) is 19.3 Å². The van der Waals surface area contributed by atoms with Crippen LogP contribution in [0.2, 0.25) is 0 Å². The summed E-state index contributed by atoms with van der Waals surface area (Å²) in [6, 6.07) is 0. The van der Waals surface area contributed by atoms with Crippen molar-refractivity contribution in [3.63, 3.8) is 0 Å². The normalized spacial score (nSPS) is 12.9. The molecule has 0 unspecified atom stereocenters. The van der Waals surface area contributed by atoms with Crippen LogP contribution in [-0.4, -0.2) is 37.2 Å². The van der Waals surface area contributed by atoms with E-state index in [0.29, 0.717) is 19.3 Å². The second-order valence-electron chi connectivity index (χ2n) is 16.7. The van der Waals surface area contributed by atoms with E-state index in [4.69, 9.17) is 14.2 Å². The van der Waals surface area contributed by atoms with Gasteiger partial charge in [0.05, 0.1) is 0 Å². The van der Waals surface area contributed by atoms with E-state index < -0.39 is 6.10 Å². The van der Waals surface area contributed by atoms with Crippen LogP contribution in [0.25, 0.3) is 0 Å². The first kappa shape index (κ1) is 59.3. The highest BCUT2D eigenvalue weighted by atomic mass is 16.6. The molecule has 0 N–H and O–H groups in total. The van der Waals surface area contributed by atoms with Gasteiger partial charge < -0.3 is 14.2 Å². The summed E-state index contributed by atoms with van der Waals surface area (Å²) in [6.45, 7) is 6.34. The lowest BCUT2D eigenvalue weighted by Gasteiger charge is -2.18. The van der Waals surface area contributed by atoms with Crippen LogP contribution in [0.3, 0.4) is 0 Å². The molecule has 1 atom stereocenters. The molecule has 0 amide bonds. The Labute approximate surface area is 387 Å². The number of ether oxygens (including phenoxy) is 3. The van der Waals surface area contributed by atoms with Crippen LogP contribution < -0.4 is 0 Å². The number of allylic oxidation sites excluding steroid dienone is 16. The summed E-state index contributed by atoms with van der Waals surface area (Å²) in [6.07, 6.45) is 66.7. The first-order valence-electron chi connectivity index (χ1n) is 25.7. The van der Waals surface area contributed by atoms with Gasteiger partial charge in [-0.2, -0.15) is 0 Å². The van der Waals surface area contributed by atoms with Gasteiger partial charge in [0.1, 0.15) is 13.2 Å². The summed E-state index contributed by atoms with van der Waals surface area (Å²) in [5, 5.41) is 0. The van der Waals surface area contributed by atoms with Gasteiger partial charge in [0.25, 0.3) is 0 Å². The van der Waals surface area contributed by atoms with E-state index in [9.17, 15) is 14.4 Å². The SMILES string of the molecule is CC/C=C/C/C=C/C/C=C/CCCCCCCC(=O)OC[C@H](COC(=O)CCCCCCC/C=C/C/C=C/CCCCC)OC(=O)CCCCCCC/C=C/C/C=C/C/C=C/CC. The van der Waals surface area contributed by atoms with Crippen LogP contribution >= 0.6 is 0 Å². The molecule has 0 heterocycles. The first-order chi connectivity index (χ1) is 31.0. The van der Waals surface area contributed by atoms with Gasteiger partial charge in [-0.1, -0.05) is 189 Å². The fraction of sp³-hybridized carbons (Fsp3) is 0.667. The van der Waals surface area contributed by atoms with Crippen molar-refractivity contribution >= 4 is 17.9 Å². The Morgan fingerprint density at radius 1 is 0.333 bits per heavy atom. The van der Waals surface area contributed by atoms with Crippen molar-refractivity contribution in [2.24, 2.45) is 0 Å². The number of carbonyl (C=O) groups is 3. The standard InChI is InChI=1S/C57H94O6/c1-4-7-10-13-16-19-22-25-28-31-34-37-40-43-46-49-55(58)61-52-54(63-57(60)51-48-45-42-39-36-33-30-27-24-21-18-15-12-9-6-3)53-62-56(59)50-47-44-41-38-35-32-29-26-23-20-17-14-11-8-5-2/h7,9-10,12,16-21,25-30,54H,4-6,8,11,13-15,22-24,31-53H2,1-3H3/b10-7+,12-9+,19-16+,20-17+,21-18+,28-25+,29-26+,30-27+/t54-/m1/s1. The minimum Gasteiger partial charge on any atom is -0.462 e. The van der Waals surface area contributed by atoms with Gasteiger partial charge in [0.15, 0.2) is 6.10 Å². The molecule has 0 saturated heterocycles. The van der Waals surface area contributed by atoms with Crippen LogP contribution in [0.15, 0.2) is 97.2 Å². The van der Waals surface area contributed by atoms with E-state index in [0.717, 1.165) is 161 Å². The maximum Gasteiger partial charge on any atom is 0.306 e. The highest BCUT2D eigenvalue weighted by Gasteiger charge is 2.19. The van der Waals surface area contributed by atoms with Crippen molar-refractivity contribution in [2.45, 2.75) is 232 Å². The molecule has 0 aliphatic carbocycles. The van der Waals surface area contributed by atoms with E-state index in [1.54, 1.807) is 0 Å². The summed E-state index contributed by atoms with van der Waals surface area (Å²) in [5.41, 5.74) is 0. The fourth-order valence-corrected chi connectivity index (χ4v) is 6.73. The molecular formula is C57H94O6. The van der Waals surface area contributed by atoms with Crippen molar-refractivity contribution < 1.29 is 28.6 Å². The molecule has 0 saturated carbocycles. The summed E-state index contributed by atoms with van der Waals surface area (Å²) >= 11 is 0.